The Balaban J connectivity index is 2.39. The number of benzene rings is 1. The van der Waals surface area contributed by atoms with E-state index in [9.17, 15) is 8.42 Å². The van der Waals surface area contributed by atoms with Crippen LogP contribution in [-0.4, -0.2) is 31.6 Å². The van der Waals surface area contributed by atoms with Gasteiger partial charge in [0.2, 0.25) is 0 Å². The number of hydrogen-bond acceptors (Lipinski definition) is 3. The van der Waals surface area contributed by atoms with E-state index in [-0.39, 0.29) is 18.1 Å². The third-order valence-corrected chi connectivity index (χ3v) is 4.20. The topological polar surface area (TPSA) is 54.4 Å². The monoisotopic (exact) mass is 262 g/mol. The quantitative estimate of drug-likeness (QED) is 0.849. The summed E-state index contributed by atoms with van der Waals surface area (Å²) in [4.78, 5) is 0. The minimum absolute atomic E-state index is 0.121. The number of rotatable bonds is 6. The van der Waals surface area contributed by atoms with E-state index in [1.807, 2.05) is 12.1 Å². The molecule has 0 atom stereocenters. The van der Waals surface area contributed by atoms with Crippen LogP contribution in [0.4, 0.5) is 0 Å². The lowest BCUT2D eigenvalue weighted by Crippen LogP contribution is -2.14. The SMILES string of the molecule is O=S(=O)(CCO)CCCc1ccc(Cl)cc1. The fourth-order valence-corrected chi connectivity index (χ4v) is 2.58. The molecule has 0 bridgehead atoms. The lowest BCUT2D eigenvalue weighted by atomic mass is 10.1. The van der Waals surface area contributed by atoms with Crippen molar-refractivity contribution >= 4 is 21.4 Å². The molecule has 0 unspecified atom stereocenters. The molecule has 0 aliphatic heterocycles. The predicted octanol–water partition coefficient (Wildman–Crippen LogP) is 1.68. The van der Waals surface area contributed by atoms with E-state index in [2.05, 4.69) is 0 Å². The molecule has 0 saturated carbocycles. The first-order valence-electron chi connectivity index (χ1n) is 5.09. The van der Waals surface area contributed by atoms with E-state index in [0.717, 1.165) is 5.56 Å². The lowest BCUT2D eigenvalue weighted by molar-refractivity contribution is 0.319. The van der Waals surface area contributed by atoms with E-state index in [1.54, 1.807) is 12.1 Å². The Bertz CT molecular complexity index is 411. The van der Waals surface area contributed by atoms with Crippen molar-refractivity contribution in [3.63, 3.8) is 0 Å². The Morgan fingerprint density at radius 3 is 2.31 bits per heavy atom. The van der Waals surface area contributed by atoms with Gasteiger partial charge in [-0.1, -0.05) is 23.7 Å². The molecule has 0 fully saturated rings. The standard InChI is InChI=1S/C11H15ClO3S/c12-11-5-3-10(4-6-11)2-1-8-16(14,15)9-7-13/h3-6,13H,1-2,7-9H2. The summed E-state index contributed by atoms with van der Waals surface area (Å²) in [6.07, 6.45) is 1.28. The van der Waals surface area contributed by atoms with Crippen LogP contribution < -0.4 is 0 Å². The molecule has 16 heavy (non-hydrogen) atoms. The summed E-state index contributed by atoms with van der Waals surface area (Å²) in [7, 11) is -3.09. The minimum atomic E-state index is -3.09. The molecular weight excluding hydrogens is 248 g/mol. The summed E-state index contributed by atoms with van der Waals surface area (Å²) in [5.41, 5.74) is 1.07. The Morgan fingerprint density at radius 2 is 1.75 bits per heavy atom. The number of aliphatic hydroxyl groups excluding tert-OH is 1. The molecule has 90 valence electrons. The van der Waals surface area contributed by atoms with Crippen LogP contribution >= 0.6 is 11.6 Å². The van der Waals surface area contributed by atoms with Gasteiger partial charge in [0.25, 0.3) is 0 Å². The van der Waals surface area contributed by atoms with Crippen molar-refractivity contribution in [2.24, 2.45) is 0 Å². The van der Waals surface area contributed by atoms with Gasteiger partial charge >= 0.3 is 0 Å². The third kappa shape index (κ3) is 4.96. The van der Waals surface area contributed by atoms with Gasteiger partial charge in [0.1, 0.15) is 0 Å². The summed E-state index contributed by atoms with van der Waals surface area (Å²) < 4.78 is 22.6. The fourth-order valence-electron chi connectivity index (χ4n) is 1.39. The summed E-state index contributed by atoms with van der Waals surface area (Å²) in [6, 6.07) is 7.36. The Kier molecular flexibility index (Phi) is 5.25. The van der Waals surface area contributed by atoms with E-state index >= 15 is 0 Å². The molecule has 0 amide bonds. The highest BCUT2D eigenvalue weighted by Crippen LogP contribution is 2.11. The first-order chi connectivity index (χ1) is 7.53. The van der Waals surface area contributed by atoms with Gasteiger partial charge in [-0.25, -0.2) is 8.42 Å². The average Bonchev–Trinajstić information content (AvgIpc) is 2.20. The van der Waals surface area contributed by atoms with Crippen LogP contribution in [0, 0.1) is 0 Å². The van der Waals surface area contributed by atoms with Gasteiger partial charge in [-0.15, -0.1) is 0 Å². The van der Waals surface area contributed by atoms with Crippen LogP contribution in [0.3, 0.4) is 0 Å². The highest BCUT2D eigenvalue weighted by molar-refractivity contribution is 7.91. The largest absolute Gasteiger partial charge is 0.395 e. The molecule has 1 rings (SSSR count). The molecule has 1 aromatic carbocycles. The van der Waals surface area contributed by atoms with Crippen LogP contribution in [-0.2, 0) is 16.3 Å². The molecule has 5 heteroatoms. The fraction of sp³-hybridized carbons (Fsp3) is 0.455. The van der Waals surface area contributed by atoms with Crippen molar-refractivity contribution in [3.8, 4) is 0 Å². The van der Waals surface area contributed by atoms with Gasteiger partial charge in [0, 0.05) is 5.02 Å². The first-order valence-corrected chi connectivity index (χ1v) is 7.29. The summed E-state index contributed by atoms with van der Waals surface area (Å²) >= 11 is 5.74. The Morgan fingerprint density at radius 1 is 1.12 bits per heavy atom. The zero-order valence-electron chi connectivity index (χ0n) is 8.89. The Labute approximate surface area is 101 Å². The smallest absolute Gasteiger partial charge is 0.152 e. The van der Waals surface area contributed by atoms with Crippen LogP contribution in [0.2, 0.25) is 5.02 Å². The number of sulfone groups is 1. The van der Waals surface area contributed by atoms with Crippen molar-refractivity contribution in [1.29, 1.82) is 0 Å². The van der Waals surface area contributed by atoms with Crippen molar-refractivity contribution < 1.29 is 13.5 Å². The van der Waals surface area contributed by atoms with Crippen LogP contribution in [0.25, 0.3) is 0 Å². The second kappa shape index (κ2) is 6.23. The molecule has 1 N–H and O–H groups in total. The Hall–Kier alpha value is -0.580. The van der Waals surface area contributed by atoms with Crippen LogP contribution in [0.1, 0.15) is 12.0 Å². The average molecular weight is 263 g/mol. The van der Waals surface area contributed by atoms with E-state index in [4.69, 9.17) is 16.7 Å². The number of aliphatic hydroxyl groups is 1. The van der Waals surface area contributed by atoms with Crippen molar-refractivity contribution in [1.82, 2.24) is 0 Å². The van der Waals surface area contributed by atoms with Gasteiger partial charge in [-0.05, 0) is 30.5 Å². The van der Waals surface area contributed by atoms with Crippen molar-refractivity contribution in [3.05, 3.63) is 34.9 Å². The number of hydrogen-bond donors (Lipinski definition) is 1. The maximum absolute atomic E-state index is 11.3. The zero-order chi connectivity index (χ0) is 12.0. The van der Waals surface area contributed by atoms with Gasteiger partial charge in [0.15, 0.2) is 9.84 Å². The normalized spacial score (nSPS) is 11.6. The van der Waals surface area contributed by atoms with Crippen molar-refractivity contribution in [2.75, 3.05) is 18.1 Å². The van der Waals surface area contributed by atoms with E-state index < -0.39 is 9.84 Å². The molecule has 1 aromatic rings. The third-order valence-electron chi connectivity index (χ3n) is 2.24. The second-order valence-corrected chi connectivity index (χ2v) is 6.35. The number of halogens is 1. The predicted molar refractivity (Wildman–Crippen MR) is 65.5 cm³/mol. The highest BCUT2D eigenvalue weighted by Gasteiger charge is 2.09. The summed E-state index contributed by atoms with van der Waals surface area (Å²) in [6.45, 7) is -0.302. The maximum atomic E-state index is 11.3. The molecule has 0 radical (unpaired) electrons. The van der Waals surface area contributed by atoms with Crippen molar-refractivity contribution in [2.45, 2.75) is 12.8 Å². The van der Waals surface area contributed by atoms with Gasteiger partial charge < -0.3 is 5.11 Å². The van der Waals surface area contributed by atoms with Gasteiger partial charge in [-0.3, -0.25) is 0 Å². The van der Waals surface area contributed by atoms with E-state index in [1.165, 1.54) is 0 Å². The molecule has 0 aromatic heterocycles. The molecule has 0 saturated heterocycles. The molecule has 0 spiro atoms. The molecule has 0 heterocycles. The highest BCUT2D eigenvalue weighted by atomic mass is 35.5. The molecule has 3 nitrogen and oxygen atoms in total. The van der Waals surface area contributed by atoms with Gasteiger partial charge in [0.05, 0.1) is 18.1 Å². The minimum Gasteiger partial charge on any atom is -0.395 e. The summed E-state index contributed by atoms with van der Waals surface area (Å²) in [5.74, 6) is -0.0240. The number of aryl methyl sites for hydroxylation is 1. The summed E-state index contributed by atoms with van der Waals surface area (Å²) in [5, 5.41) is 9.23. The van der Waals surface area contributed by atoms with Crippen LogP contribution in [0.5, 0.6) is 0 Å². The van der Waals surface area contributed by atoms with Gasteiger partial charge in [-0.2, -0.15) is 0 Å². The van der Waals surface area contributed by atoms with Crippen LogP contribution in [0.15, 0.2) is 24.3 Å². The second-order valence-electron chi connectivity index (χ2n) is 3.61. The molecule has 0 aliphatic rings. The zero-order valence-corrected chi connectivity index (χ0v) is 10.5. The molecular formula is C11H15ClO3S. The lowest BCUT2D eigenvalue weighted by Gasteiger charge is -2.03. The first kappa shape index (κ1) is 13.5. The van der Waals surface area contributed by atoms with E-state index in [0.29, 0.717) is 17.9 Å². The maximum Gasteiger partial charge on any atom is 0.152 e. The molecule has 0 aliphatic carbocycles.